The first-order valence-electron chi connectivity index (χ1n) is 7.85. The zero-order valence-corrected chi connectivity index (χ0v) is 15.0. The fourth-order valence-electron chi connectivity index (χ4n) is 2.04. The second-order valence-corrected chi connectivity index (χ2v) is 7.63. The first kappa shape index (κ1) is 20.1. The molecule has 0 aliphatic heterocycles. The molecule has 0 bridgehead atoms. The fraction of sp³-hybridized carbons (Fsp3) is 0.882. The van der Waals surface area contributed by atoms with Crippen molar-refractivity contribution < 1.29 is 14.3 Å². The third-order valence-corrected chi connectivity index (χ3v) is 3.62. The second kappa shape index (κ2) is 7.92. The van der Waals surface area contributed by atoms with E-state index >= 15 is 0 Å². The van der Waals surface area contributed by atoms with E-state index < -0.39 is 5.60 Å². The molecule has 0 unspecified atom stereocenters. The molecule has 0 spiro atoms. The number of amides is 1. The van der Waals surface area contributed by atoms with Crippen LogP contribution in [0.25, 0.3) is 0 Å². The van der Waals surface area contributed by atoms with Gasteiger partial charge in [-0.05, 0) is 20.3 Å². The van der Waals surface area contributed by atoms with Crippen LogP contribution in [0.15, 0.2) is 0 Å². The van der Waals surface area contributed by atoms with Crippen molar-refractivity contribution >= 4 is 11.7 Å². The zero-order valence-electron chi connectivity index (χ0n) is 15.0. The van der Waals surface area contributed by atoms with E-state index in [1.807, 2.05) is 55.4 Å². The fourth-order valence-corrected chi connectivity index (χ4v) is 2.04. The van der Waals surface area contributed by atoms with E-state index in [1.54, 1.807) is 0 Å². The molecule has 1 N–H and O–H groups in total. The van der Waals surface area contributed by atoms with Crippen molar-refractivity contribution in [3.8, 4) is 0 Å². The molecule has 4 heteroatoms. The summed E-state index contributed by atoms with van der Waals surface area (Å²) in [6, 6.07) is 0. The van der Waals surface area contributed by atoms with E-state index in [0.29, 0.717) is 19.6 Å². The highest BCUT2D eigenvalue weighted by Crippen LogP contribution is 2.26. The molecule has 0 radical (unpaired) electrons. The van der Waals surface area contributed by atoms with E-state index in [9.17, 15) is 9.59 Å². The van der Waals surface area contributed by atoms with Crippen LogP contribution in [-0.2, 0) is 14.3 Å². The number of hydrogen-bond donors (Lipinski definition) is 1. The van der Waals surface area contributed by atoms with Crippen molar-refractivity contribution in [2.24, 2.45) is 17.3 Å². The van der Waals surface area contributed by atoms with Crippen molar-refractivity contribution in [1.82, 2.24) is 5.32 Å². The van der Waals surface area contributed by atoms with Crippen molar-refractivity contribution in [2.45, 2.75) is 67.4 Å². The minimum absolute atomic E-state index is 0.0246. The smallest absolute Gasteiger partial charge is 0.222 e. The maximum absolute atomic E-state index is 12.1. The molecule has 124 valence electrons. The summed E-state index contributed by atoms with van der Waals surface area (Å²) < 4.78 is 5.86. The Labute approximate surface area is 130 Å². The lowest BCUT2D eigenvalue weighted by molar-refractivity contribution is -0.132. The van der Waals surface area contributed by atoms with Crippen LogP contribution in [0.3, 0.4) is 0 Å². The normalized spacial score (nSPS) is 12.9. The first-order valence-corrected chi connectivity index (χ1v) is 7.85. The summed E-state index contributed by atoms with van der Waals surface area (Å²) in [4.78, 5) is 23.7. The van der Waals surface area contributed by atoms with Gasteiger partial charge in [0.1, 0.15) is 5.78 Å². The highest BCUT2D eigenvalue weighted by atomic mass is 16.5. The van der Waals surface area contributed by atoms with Crippen molar-refractivity contribution in [3.05, 3.63) is 0 Å². The Morgan fingerprint density at radius 1 is 1.00 bits per heavy atom. The standard InChI is InChI=1S/C17H33NO3/c1-12(2)14(19)16(5,6)9-10-21-17(7,8)11-18-15(20)13(3)4/h12-13H,9-11H2,1-8H3,(H,18,20). The summed E-state index contributed by atoms with van der Waals surface area (Å²) in [7, 11) is 0. The molecule has 1 amide bonds. The first-order chi connectivity index (χ1) is 9.39. The van der Waals surface area contributed by atoms with Crippen LogP contribution in [0, 0.1) is 17.3 Å². The van der Waals surface area contributed by atoms with E-state index in [4.69, 9.17) is 4.74 Å². The Morgan fingerprint density at radius 3 is 1.95 bits per heavy atom. The lowest BCUT2D eigenvalue weighted by Crippen LogP contribution is -2.42. The predicted molar refractivity (Wildman–Crippen MR) is 86.1 cm³/mol. The van der Waals surface area contributed by atoms with Gasteiger partial charge in [-0.3, -0.25) is 9.59 Å². The average molecular weight is 299 g/mol. The van der Waals surface area contributed by atoms with Crippen LogP contribution in [0.2, 0.25) is 0 Å². The summed E-state index contributed by atoms with van der Waals surface area (Å²) in [5.74, 6) is 0.306. The molecular formula is C17H33NO3. The van der Waals surface area contributed by atoms with Gasteiger partial charge in [0.2, 0.25) is 5.91 Å². The molecule has 0 saturated carbocycles. The van der Waals surface area contributed by atoms with Crippen LogP contribution >= 0.6 is 0 Å². The highest BCUT2D eigenvalue weighted by Gasteiger charge is 2.30. The summed E-state index contributed by atoms with van der Waals surface area (Å²) in [5.41, 5.74) is -0.799. The Bertz CT molecular complexity index is 357. The maximum Gasteiger partial charge on any atom is 0.222 e. The van der Waals surface area contributed by atoms with Crippen LogP contribution in [0.1, 0.15) is 61.8 Å². The van der Waals surface area contributed by atoms with Gasteiger partial charge >= 0.3 is 0 Å². The van der Waals surface area contributed by atoms with Gasteiger partial charge in [0.05, 0.1) is 5.60 Å². The second-order valence-electron chi connectivity index (χ2n) is 7.63. The third-order valence-electron chi connectivity index (χ3n) is 3.62. The Balaban J connectivity index is 4.26. The summed E-state index contributed by atoms with van der Waals surface area (Å²) in [5, 5.41) is 2.88. The molecule has 0 aromatic rings. The van der Waals surface area contributed by atoms with Gasteiger partial charge in [-0.1, -0.05) is 41.5 Å². The number of ether oxygens (including phenoxy) is 1. The lowest BCUT2D eigenvalue weighted by Gasteiger charge is -2.30. The topological polar surface area (TPSA) is 55.4 Å². The van der Waals surface area contributed by atoms with E-state index in [2.05, 4.69) is 5.32 Å². The van der Waals surface area contributed by atoms with Gasteiger partial charge in [-0.2, -0.15) is 0 Å². The van der Waals surface area contributed by atoms with E-state index in [0.717, 1.165) is 0 Å². The van der Waals surface area contributed by atoms with Crippen LogP contribution < -0.4 is 5.32 Å². The monoisotopic (exact) mass is 299 g/mol. The maximum atomic E-state index is 12.1. The molecule has 0 heterocycles. The Morgan fingerprint density at radius 2 is 1.52 bits per heavy atom. The molecule has 21 heavy (non-hydrogen) atoms. The molecule has 0 aromatic carbocycles. The third kappa shape index (κ3) is 7.60. The number of ketones is 1. The average Bonchev–Trinajstić information content (AvgIpc) is 2.34. The molecule has 4 nitrogen and oxygen atoms in total. The van der Waals surface area contributed by atoms with Gasteiger partial charge in [0.15, 0.2) is 0 Å². The molecule has 0 fully saturated rings. The van der Waals surface area contributed by atoms with Gasteiger partial charge in [0.25, 0.3) is 0 Å². The highest BCUT2D eigenvalue weighted by molar-refractivity contribution is 5.85. The lowest BCUT2D eigenvalue weighted by atomic mass is 9.80. The van der Waals surface area contributed by atoms with Gasteiger partial charge in [0, 0.05) is 30.4 Å². The Hall–Kier alpha value is -0.900. The number of nitrogens with one attached hydrogen (secondary N) is 1. The predicted octanol–water partition coefficient (Wildman–Crippen LogP) is 3.20. The minimum Gasteiger partial charge on any atom is -0.374 e. The minimum atomic E-state index is -0.429. The van der Waals surface area contributed by atoms with E-state index in [-0.39, 0.29) is 28.9 Å². The van der Waals surface area contributed by atoms with Crippen LogP contribution in [-0.4, -0.2) is 30.4 Å². The molecule has 0 aliphatic carbocycles. The largest absolute Gasteiger partial charge is 0.374 e. The molecule has 0 aliphatic rings. The quantitative estimate of drug-likeness (QED) is 0.711. The van der Waals surface area contributed by atoms with E-state index in [1.165, 1.54) is 0 Å². The van der Waals surface area contributed by atoms with Crippen molar-refractivity contribution in [3.63, 3.8) is 0 Å². The van der Waals surface area contributed by atoms with Gasteiger partial charge in [-0.25, -0.2) is 0 Å². The van der Waals surface area contributed by atoms with Gasteiger partial charge < -0.3 is 10.1 Å². The molecular weight excluding hydrogens is 266 g/mol. The van der Waals surface area contributed by atoms with Crippen LogP contribution in [0.5, 0.6) is 0 Å². The summed E-state index contributed by atoms with van der Waals surface area (Å²) in [6.07, 6.45) is 0.686. The van der Waals surface area contributed by atoms with Crippen molar-refractivity contribution in [1.29, 1.82) is 0 Å². The number of rotatable bonds is 9. The van der Waals surface area contributed by atoms with Crippen LogP contribution in [0.4, 0.5) is 0 Å². The Kier molecular flexibility index (Phi) is 7.58. The van der Waals surface area contributed by atoms with Gasteiger partial charge in [-0.15, -0.1) is 0 Å². The zero-order chi connectivity index (χ0) is 16.8. The number of carbonyl (C=O) groups excluding carboxylic acids is 2. The summed E-state index contributed by atoms with van der Waals surface area (Å²) >= 11 is 0. The molecule has 0 aromatic heterocycles. The number of hydrogen-bond acceptors (Lipinski definition) is 3. The SMILES string of the molecule is CC(C)C(=O)NCC(C)(C)OCCC(C)(C)C(=O)C(C)C. The number of Topliss-reactive ketones (excluding diaryl/α,β-unsaturated/α-hetero) is 1. The van der Waals surface area contributed by atoms with Crippen molar-refractivity contribution in [2.75, 3.05) is 13.2 Å². The molecule has 0 atom stereocenters. The molecule has 0 saturated heterocycles. The molecule has 0 rings (SSSR count). The summed E-state index contributed by atoms with van der Waals surface area (Å²) in [6.45, 7) is 16.4. The number of carbonyl (C=O) groups is 2.